The Morgan fingerprint density at radius 2 is 1.08 bits per heavy atom. The summed E-state index contributed by atoms with van der Waals surface area (Å²) in [5.74, 6) is -2.40. The molecule has 0 radical (unpaired) electrons. The lowest BCUT2D eigenvalue weighted by atomic mass is 9.97. The van der Waals surface area contributed by atoms with Crippen LogP contribution in [-0.2, 0) is 9.59 Å². The van der Waals surface area contributed by atoms with Crippen LogP contribution in [0.15, 0.2) is 0 Å². The number of aliphatic carboxylic acids is 1. The largest absolute Gasteiger partial charge is 0.479 e. The molecule has 25 heavy (non-hydrogen) atoms. The molecular formula is C18H34O7. The topological polar surface area (TPSA) is 135 Å². The molecule has 0 saturated heterocycles. The van der Waals surface area contributed by atoms with Crippen molar-refractivity contribution in [2.24, 2.45) is 0 Å². The van der Waals surface area contributed by atoms with Gasteiger partial charge in [0, 0.05) is 6.42 Å². The maximum Gasteiger partial charge on any atom is 0.335 e. The second kappa shape index (κ2) is 14.2. The van der Waals surface area contributed by atoms with Gasteiger partial charge in [0.2, 0.25) is 0 Å². The lowest BCUT2D eigenvalue weighted by Crippen LogP contribution is -2.50. The summed E-state index contributed by atoms with van der Waals surface area (Å²) in [5, 5.41) is 46.4. The maximum absolute atomic E-state index is 11.8. The number of hydrogen-bond acceptors (Lipinski definition) is 6. The summed E-state index contributed by atoms with van der Waals surface area (Å²) in [6, 6.07) is 0. The quantitative estimate of drug-likeness (QED) is 0.262. The minimum absolute atomic E-state index is 0.0462. The number of carbonyl (C=O) groups is 2. The van der Waals surface area contributed by atoms with Crippen molar-refractivity contribution in [1.29, 1.82) is 0 Å². The number of rotatable bonds is 16. The van der Waals surface area contributed by atoms with Gasteiger partial charge in [-0.3, -0.25) is 4.79 Å². The molecule has 7 heteroatoms. The van der Waals surface area contributed by atoms with E-state index in [2.05, 4.69) is 6.92 Å². The van der Waals surface area contributed by atoms with E-state index in [4.69, 9.17) is 10.2 Å². The third-order valence-corrected chi connectivity index (χ3v) is 4.36. The van der Waals surface area contributed by atoms with E-state index in [1.807, 2.05) is 0 Å². The van der Waals surface area contributed by atoms with E-state index < -0.39 is 36.2 Å². The Morgan fingerprint density at radius 1 is 0.680 bits per heavy atom. The van der Waals surface area contributed by atoms with E-state index in [0.717, 1.165) is 19.3 Å². The molecular weight excluding hydrogens is 328 g/mol. The van der Waals surface area contributed by atoms with Gasteiger partial charge in [-0.05, 0) is 6.42 Å². The van der Waals surface area contributed by atoms with Crippen LogP contribution in [0.4, 0.5) is 0 Å². The third-order valence-electron chi connectivity index (χ3n) is 4.36. The van der Waals surface area contributed by atoms with Crippen molar-refractivity contribution in [2.45, 2.75) is 102 Å². The summed E-state index contributed by atoms with van der Waals surface area (Å²) >= 11 is 0. The summed E-state index contributed by atoms with van der Waals surface area (Å²) in [7, 11) is 0. The van der Waals surface area contributed by atoms with E-state index in [9.17, 15) is 24.9 Å². The zero-order valence-electron chi connectivity index (χ0n) is 15.1. The molecule has 0 spiro atoms. The number of ketones is 1. The summed E-state index contributed by atoms with van der Waals surface area (Å²) in [6.07, 6.45) is 2.73. The lowest BCUT2D eigenvalue weighted by Gasteiger charge is -2.23. The van der Waals surface area contributed by atoms with Crippen LogP contribution in [0.25, 0.3) is 0 Å². The van der Waals surface area contributed by atoms with Crippen molar-refractivity contribution in [3.63, 3.8) is 0 Å². The average Bonchev–Trinajstić information content (AvgIpc) is 2.60. The van der Waals surface area contributed by atoms with Crippen LogP contribution < -0.4 is 0 Å². The Hall–Kier alpha value is -1.02. The van der Waals surface area contributed by atoms with Gasteiger partial charge >= 0.3 is 5.97 Å². The maximum atomic E-state index is 11.8. The molecule has 0 aromatic rings. The second-order valence-corrected chi connectivity index (χ2v) is 6.61. The van der Waals surface area contributed by atoms with Crippen LogP contribution in [0.5, 0.6) is 0 Å². The molecule has 0 amide bonds. The summed E-state index contributed by atoms with van der Waals surface area (Å²) in [5.41, 5.74) is 0. The van der Waals surface area contributed by atoms with Crippen LogP contribution in [0.3, 0.4) is 0 Å². The van der Waals surface area contributed by atoms with E-state index in [1.165, 1.54) is 38.5 Å². The predicted molar refractivity (Wildman–Crippen MR) is 93.1 cm³/mol. The molecule has 0 rings (SSSR count). The standard InChI is InChI=1S/C18H34O7/c1-2-3-4-5-6-7-8-9-10-11-12-13(19)14(20)15(21)16(22)17(23)18(24)25/h14-17,20-23H,2-12H2,1H3,(H,24,25)/t14-,15+,16-,17-/m0/s1. The van der Waals surface area contributed by atoms with Crippen LogP contribution in [-0.4, -0.2) is 61.7 Å². The average molecular weight is 362 g/mol. The van der Waals surface area contributed by atoms with Crippen molar-refractivity contribution in [1.82, 2.24) is 0 Å². The fourth-order valence-corrected chi connectivity index (χ4v) is 2.64. The van der Waals surface area contributed by atoms with Gasteiger partial charge in [-0.25, -0.2) is 4.79 Å². The number of carboxylic acids is 1. The van der Waals surface area contributed by atoms with Gasteiger partial charge in [0.1, 0.15) is 18.3 Å². The van der Waals surface area contributed by atoms with Crippen molar-refractivity contribution in [3.05, 3.63) is 0 Å². The molecule has 0 heterocycles. The number of aliphatic hydroxyl groups excluding tert-OH is 4. The van der Waals surface area contributed by atoms with Gasteiger partial charge in [0.25, 0.3) is 0 Å². The van der Waals surface area contributed by atoms with Crippen molar-refractivity contribution < 1.29 is 35.1 Å². The molecule has 0 saturated carbocycles. The monoisotopic (exact) mass is 362 g/mol. The van der Waals surface area contributed by atoms with Crippen LogP contribution >= 0.6 is 0 Å². The van der Waals surface area contributed by atoms with Gasteiger partial charge in [0.15, 0.2) is 11.9 Å². The minimum atomic E-state index is -2.25. The first-order valence-electron chi connectivity index (χ1n) is 9.30. The second-order valence-electron chi connectivity index (χ2n) is 6.61. The third kappa shape index (κ3) is 10.5. The van der Waals surface area contributed by atoms with Crippen LogP contribution in [0.2, 0.25) is 0 Å². The smallest absolute Gasteiger partial charge is 0.335 e. The highest BCUT2D eigenvalue weighted by molar-refractivity contribution is 5.83. The first kappa shape index (κ1) is 24.0. The number of carboxylic acid groups (broad SMARTS) is 1. The Bertz CT molecular complexity index is 372. The summed E-state index contributed by atoms with van der Waals surface area (Å²) in [4.78, 5) is 22.3. The molecule has 148 valence electrons. The summed E-state index contributed by atoms with van der Waals surface area (Å²) in [6.45, 7) is 2.19. The number of carbonyl (C=O) groups excluding carboxylic acids is 1. The molecule has 0 aromatic carbocycles. The number of aliphatic hydroxyl groups is 4. The Labute approximate surface area is 149 Å². The normalized spacial score (nSPS) is 16.2. The SMILES string of the molecule is CCCCCCCCCCCCC(=O)[C@H](O)[C@@H](O)[C@H](O)[C@H](O)C(=O)O. The highest BCUT2D eigenvalue weighted by Gasteiger charge is 2.36. The highest BCUT2D eigenvalue weighted by atomic mass is 16.4. The van der Waals surface area contributed by atoms with Gasteiger partial charge in [-0.15, -0.1) is 0 Å². The molecule has 0 aliphatic carbocycles. The first-order valence-corrected chi connectivity index (χ1v) is 9.30. The molecule has 5 N–H and O–H groups in total. The number of Topliss-reactive ketones (excluding diaryl/α,β-unsaturated/α-hetero) is 1. The Kier molecular flexibility index (Phi) is 13.6. The molecule has 0 aromatic heterocycles. The lowest BCUT2D eigenvalue weighted by molar-refractivity contribution is -0.165. The Morgan fingerprint density at radius 3 is 1.52 bits per heavy atom. The van der Waals surface area contributed by atoms with Crippen molar-refractivity contribution in [3.8, 4) is 0 Å². The van der Waals surface area contributed by atoms with E-state index in [0.29, 0.717) is 6.42 Å². The minimum Gasteiger partial charge on any atom is -0.479 e. The Balaban J connectivity index is 3.82. The van der Waals surface area contributed by atoms with E-state index >= 15 is 0 Å². The number of unbranched alkanes of at least 4 members (excludes halogenated alkanes) is 9. The molecule has 0 aliphatic rings. The van der Waals surface area contributed by atoms with Gasteiger partial charge in [0.05, 0.1) is 0 Å². The number of hydrogen-bond donors (Lipinski definition) is 5. The predicted octanol–water partition coefficient (Wildman–Crippen LogP) is 1.39. The van der Waals surface area contributed by atoms with Gasteiger partial charge in [-0.2, -0.15) is 0 Å². The van der Waals surface area contributed by atoms with Gasteiger partial charge < -0.3 is 25.5 Å². The first-order chi connectivity index (χ1) is 11.8. The van der Waals surface area contributed by atoms with Gasteiger partial charge in [-0.1, -0.05) is 64.7 Å². The zero-order valence-corrected chi connectivity index (χ0v) is 15.1. The van der Waals surface area contributed by atoms with E-state index in [1.54, 1.807) is 0 Å². The van der Waals surface area contributed by atoms with Crippen LogP contribution in [0, 0.1) is 0 Å². The molecule has 7 nitrogen and oxygen atoms in total. The van der Waals surface area contributed by atoms with Crippen molar-refractivity contribution in [2.75, 3.05) is 0 Å². The fraction of sp³-hybridized carbons (Fsp3) is 0.889. The zero-order chi connectivity index (χ0) is 19.2. The summed E-state index contributed by atoms with van der Waals surface area (Å²) < 4.78 is 0. The van der Waals surface area contributed by atoms with E-state index in [-0.39, 0.29) is 6.42 Å². The van der Waals surface area contributed by atoms with Crippen LogP contribution in [0.1, 0.15) is 77.6 Å². The van der Waals surface area contributed by atoms with Crippen molar-refractivity contribution >= 4 is 11.8 Å². The molecule has 0 unspecified atom stereocenters. The molecule has 0 aliphatic heterocycles. The fourth-order valence-electron chi connectivity index (χ4n) is 2.64. The molecule has 0 fully saturated rings. The molecule has 4 atom stereocenters. The molecule has 0 bridgehead atoms. The highest BCUT2D eigenvalue weighted by Crippen LogP contribution is 2.13.